The van der Waals surface area contributed by atoms with Crippen LogP contribution in [0.1, 0.15) is 63.7 Å². The maximum atomic E-state index is 13.4. The lowest BCUT2D eigenvalue weighted by Crippen LogP contribution is -2.42. The molecule has 2 saturated heterocycles. The maximum Gasteiger partial charge on any atom is 0.416 e. The van der Waals surface area contributed by atoms with Crippen LogP contribution in [0.4, 0.5) is 32.0 Å². The van der Waals surface area contributed by atoms with Crippen LogP contribution in [-0.2, 0) is 12.4 Å². The van der Waals surface area contributed by atoms with Gasteiger partial charge in [0.2, 0.25) is 0 Å². The number of alkyl halides is 6. The number of nitrogens with zero attached hydrogens (tertiary/aromatic N) is 2. The molecule has 3 aromatic carbocycles. The van der Waals surface area contributed by atoms with E-state index in [1.165, 1.54) is 4.90 Å². The smallest absolute Gasteiger partial charge is 0.372 e. The summed E-state index contributed by atoms with van der Waals surface area (Å²) in [6.45, 7) is 2.39. The van der Waals surface area contributed by atoms with Crippen molar-refractivity contribution in [2.75, 3.05) is 31.1 Å². The van der Waals surface area contributed by atoms with Gasteiger partial charge in [-0.2, -0.15) is 26.3 Å². The number of hydrogen-bond donors (Lipinski definition) is 0. The summed E-state index contributed by atoms with van der Waals surface area (Å²) in [7, 11) is 0. The minimum atomic E-state index is -5.02. The number of anilines is 1. The molecule has 0 aromatic heterocycles. The quantitative estimate of drug-likeness (QED) is 0.313. The third-order valence-electron chi connectivity index (χ3n) is 7.73. The van der Waals surface area contributed by atoms with Gasteiger partial charge in [0.05, 0.1) is 11.1 Å². The van der Waals surface area contributed by atoms with Crippen molar-refractivity contribution >= 4 is 11.6 Å². The van der Waals surface area contributed by atoms with Gasteiger partial charge in [0.1, 0.15) is 0 Å². The summed E-state index contributed by atoms with van der Waals surface area (Å²) >= 11 is 0. The Kier molecular flexibility index (Phi) is 7.35. The third kappa shape index (κ3) is 5.92. The van der Waals surface area contributed by atoms with E-state index in [2.05, 4.69) is 23.1 Å². The summed E-state index contributed by atoms with van der Waals surface area (Å²) in [5.41, 5.74) is -0.384. The van der Waals surface area contributed by atoms with Crippen molar-refractivity contribution in [2.24, 2.45) is 0 Å². The fourth-order valence-corrected chi connectivity index (χ4v) is 5.76. The Bertz CT molecular complexity index is 1280. The summed E-state index contributed by atoms with van der Waals surface area (Å²) < 4.78 is 80.5. The number of likely N-dealkylation sites (tertiary alicyclic amines) is 1. The lowest BCUT2D eigenvalue weighted by atomic mass is 9.76. The van der Waals surface area contributed by atoms with Gasteiger partial charge in [-0.1, -0.05) is 42.5 Å². The molecular formula is C30H28F6N2O. The lowest BCUT2D eigenvalue weighted by Gasteiger charge is -2.39. The number of amides is 1. The van der Waals surface area contributed by atoms with Crippen molar-refractivity contribution in [3.05, 3.63) is 101 Å². The van der Waals surface area contributed by atoms with E-state index in [1.54, 1.807) is 0 Å². The number of rotatable bonds is 4. The monoisotopic (exact) mass is 546 g/mol. The Balaban J connectivity index is 1.47. The van der Waals surface area contributed by atoms with E-state index in [4.69, 9.17) is 0 Å². The van der Waals surface area contributed by atoms with Crippen LogP contribution in [0.5, 0.6) is 0 Å². The van der Waals surface area contributed by atoms with E-state index in [-0.39, 0.29) is 31.0 Å². The average molecular weight is 547 g/mol. The average Bonchev–Trinajstić information content (AvgIpc) is 3.47. The Labute approximate surface area is 223 Å². The highest BCUT2D eigenvalue weighted by molar-refractivity contribution is 5.95. The summed E-state index contributed by atoms with van der Waals surface area (Å²) in [6.07, 6.45) is -7.22. The van der Waals surface area contributed by atoms with Crippen LogP contribution >= 0.6 is 0 Å². The molecule has 39 heavy (non-hydrogen) atoms. The van der Waals surface area contributed by atoms with E-state index < -0.39 is 35.0 Å². The molecule has 3 nitrogen and oxygen atoms in total. The molecule has 2 aliphatic heterocycles. The van der Waals surface area contributed by atoms with Gasteiger partial charge in [-0.25, -0.2) is 0 Å². The predicted octanol–water partition coefficient (Wildman–Crippen LogP) is 7.74. The molecule has 0 aliphatic carbocycles. The minimum Gasteiger partial charge on any atom is -0.372 e. The molecule has 5 rings (SSSR count). The molecular weight excluding hydrogens is 518 g/mol. The van der Waals surface area contributed by atoms with Crippen LogP contribution in [0.3, 0.4) is 0 Å². The molecule has 0 saturated carbocycles. The predicted molar refractivity (Wildman–Crippen MR) is 137 cm³/mol. The van der Waals surface area contributed by atoms with Gasteiger partial charge in [0.15, 0.2) is 0 Å². The van der Waals surface area contributed by atoms with Gasteiger partial charge in [0.25, 0.3) is 5.91 Å². The van der Waals surface area contributed by atoms with Crippen molar-refractivity contribution in [3.8, 4) is 0 Å². The summed E-state index contributed by atoms with van der Waals surface area (Å²) in [5.74, 6) is -0.978. The highest BCUT2D eigenvalue weighted by Crippen LogP contribution is 2.42. The highest BCUT2D eigenvalue weighted by Gasteiger charge is 2.39. The number of carbonyl (C=O) groups is 1. The van der Waals surface area contributed by atoms with Gasteiger partial charge in [-0.15, -0.1) is 0 Å². The molecule has 2 atom stereocenters. The molecule has 9 heteroatoms. The van der Waals surface area contributed by atoms with Crippen LogP contribution in [0.2, 0.25) is 0 Å². The molecule has 0 spiro atoms. The van der Waals surface area contributed by atoms with Crippen LogP contribution in [-0.4, -0.2) is 37.0 Å². The highest BCUT2D eigenvalue weighted by atomic mass is 19.4. The molecule has 2 fully saturated rings. The first kappa shape index (κ1) is 27.1. The summed E-state index contributed by atoms with van der Waals surface area (Å²) in [6, 6.07) is 18.9. The van der Waals surface area contributed by atoms with Gasteiger partial charge in [-0.05, 0) is 66.6 Å². The fraction of sp³-hybridized carbons (Fsp3) is 0.367. The van der Waals surface area contributed by atoms with Gasteiger partial charge < -0.3 is 9.80 Å². The van der Waals surface area contributed by atoms with Gasteiger partial charge >= 0.3 is 12.4 Å². The van der Waals surface area contributed by atoms with Crippen molar-refractivity contribution < 1.29 is 31.1 Å². The maximum absolute atomic E-state index is 13.4. The second kappa shape index (κ2) is 10.6. The zero-order chi connectivity index (χ0) is 27.8. The van der Waals surface area contributed by atoms with Crippen LogP contribution in [0, 0.1) is 0 Å². The largest absolute Gasteiger partial charge is 0.416 e. The molecule has 2 aliphatic rings. The van der Waals surface area contributed by atoms with E-state index >= 15 is 0 Å². The van der Waals surface area contributed by atoms with Gasteiger partial charge in [0, 0.05) is 43.3 Å². The van der Waals surface area contributed by atoms with Crippen LogP contribution < -0.4 is 4.90 Å². The number of hydrogen-bond acceptors (Lipinski definition) is 2. The molecule has 2 unspecified atom stereocenters. The van der Waals surface area contributed by atoms with E-state index in [0.717, 1.165) is 42.7 Å². The van der Waals surface area contributed by atoms with Crippen molar-refractivity contribution in [1.29, 1.82) is 0 Å². The number of carbonyl (C=O) groups excluding carboxylic acids is 1. The van der Waals surface area contributed by atoms with E-state index in [0.29, 0.717) is 18.6 Å². The standard InChI is InChI=1S/C30H28F6N2O/c31-29(32,33)23-15-22(16-24(18-23)30(34,35)36)28(39)38-14-11-26(27(19-38)20-7-2-1-3-8-20)21-9-6-10-25(17-21)37-12-4-5-13-37/h1-3,6-10,15-18,26-27H,4-5,11-14,19H2. The number of piperidine rings is 1. The Morgan fingerprint density at radius 1 is 0.692 bits per heavy atom. The van der Waals surface area contributed by atoms with Crippen molar-refractivity contribution in [1.82, 2.24) is 4.90 Å². The number of benzene rings is 3. The van der Waals surface area contributed by atoms with E-state index in [1.807, 2.05) is 36.4 Å². The minimum absolute atomic E-state index is 0.0336. The molecule has 2 heterocycles. The molecule has 1 amide bonds. The first-order valence-electron chi connectivity index (χ1n) is 13.0. The number of halogens is 6. The molecule has 0 radical (unpaired) electrons. The first-order chi connectivity index (χ1) is 18.5. The van der Waals surface area contributed by atoms with Crippen LogP contribution in [0.15, 0.2) is 72.8 Å². The second-order valence-electron chi connectivity index (χ2n) is 10.2. The Morgan fingerprint density at radius 2 is 1.31 bits per heavy atom. The second-order valence-corrected chi connectivity index (χ2v) is 10.2. The summed E-state index contributed by atoms with van der Waals surface area (Å²) in [4.78, 5) is 17.1. The molecule has 206 valence electrons. The third-order valence-corrected chi connectivity index (χ3v) is 7.73. The fourth-order valence-electron chi connectivity index (χ4n) is 5.76. The van der Waals surface area contributed by atoms with Crippen LogP contribution in [0.25, 0.3) is 0 Å². The molecule has 0 bridgehead atoms. The zero-order valence-corrected chi connectivity index (χ0v) is 21.1. The van der Waals surface area contributed by atoms with Crippen molar-refractivity contribution in [3.63, 3.8) is 0 Å². The van der Waals surface area contributed by atoms with Gasteiger partial charge in [-0.3, -0.25) is 4.79 Å². The summed E-state index contributed by atoms with van der Waals surface area (Å²) in [5, 5.41) is 0. The molecule has 0 N–H and O–H groups in total. The Hall–Kier alpha value is -3.49. The normalized spacial score (nSPS) is 20.4. The topological polar surface area (TPSA) is 23.6 Å². The zero-order valence-electron chi connectivity index (χ0n) is 21.1. The first-order valence-corrected chi connectivity index (χ1v) is 13.0. The van der Waals surface area contributed by atoms with Crippen molar-refractivity contribution in [2.45, 2.75) is 43.5 Å². The molecule has 3 aromatic rings. The Morgan fingerprint density at radius 3 is 1.92 bits per heavy atom. The SMILES string of the molecule is O=C(c1cc(C(F)(F)F)cc(C(F)(F)F)c1)N1CCC(c2cccc(N3CCCC3)c2)C(c2ccccc2)C1. The van der Waals surface area contributed by atoms with E-state index in [9.17, 15) is 31.1 Å². The lowest BCUT2D eigenvalue weighted by molar-refractivity contribution is -0.143.